The van der Waals surface area contributed by atoms with E-state index in [2.05, 4.69) is 0 Å². The smallest absolute Gasteiger partial charge is 0.225 e. The summed E-state index contributed by atoms with van der Waals surface area (Å²) < 4.78 is 0. The molecule has 1 saturated heterocycles. The van der Waals surface area contributed by atoms with E-state index in [4.69, 9.17) is 22.4 Å². The number of carbonyl (C=O) groups excluding carboxylic acids is 1. The summed E-state index contributed by atoms with van der Waals surface area (Å²) in [5.41, 5.74) is 2.79. The maximum absolute atomic E-state index is 12.3. The Bertz CT molecular complexity index is 987. The Morgan fingerprint density at radius 1 is 0.900 bits per heavy atom. The van der Waals surface area contributed by atoms with E-state index in [0.29, 0.717) is 42.7 Å². The SMILES string of the molecule is N=C(/C=C/c1ccc(Cl)cc1)c1ccccc1C(=N)N1CCN(C(=O)C2CC2)CC1. The van der Waals surface area contributed by atoms with Crippen LogP contribution in [0.2, 0.25) is 5.02 Å². The predicted octanol–water partition coefficient (Wildman–Crippen LogP) is 4.30. The Kier molecular flexibility index (Phi) is 6.00. The highest BCUT2D eigenvalue weighted by Gasteiger charge is 2.35. The zero-order valence-electron chi connectivity index (χ0n) is 16.8. The summed E-state index contributed by atoms with van der Waals surface area (Å²) in [5, 5.41) is 17.9. The molecule has 30 heavy (non-hydrogen) atoms. The van der Waals surface area contributed by atoms with Crippen molar-refractivity contribution in [1.82, 2.24) is 9.80 Å². The third-order valence-electron chi connectivity index (χ3n) is 5.62. The van der Waals surface area contributed by atoms with Crippen LogP contribution in [0.1, 0.15) is 29.5 Å². The Labute approximate surface area is 182 Å². The van der Waals surface area contributed by atoms with Gasteiger partial charge >= 0.3 is 0 Å². The first-order valence-corrected chi connectivity index (χ1v) is 10.6. The van der Waals surface area contributed by atoms with Crippen molar-refractivity contribution in [1.29, 1.82) is 10.8 Å². The van der Waals surface area contributed by atoms with Crippen molar-refractivity contribution >= 4 is 35.1 Å². The highest BCUT2D eigenvalue weighted by Crippen LogP contribution is 2.31. The van der Waals surface area contributed by atoms with Gasteiger partial charge in [0.1, 0.15) is 5.84 Å². The molecule has 2 aromatic carbocycles. The van der Waals surface area contributed by atoms with Crippen LogP contribution < -0.4 is 0 Å². The number of amides is 1. The minimum Gasteiger partial charge on any atom is -0.353 e. The van der Waals surface area contributed by atoms with Gasteiger partial charge in [0.05, 0.1) is 5.71 Å². The zero-order valence-corrected chi connectivity index (χ0v) is 17.5. The molecule has 0 spiro atoms. The van der Waals surface area contributed by atoms with Gasteiger partial charge in [-0.05, 0) is 36.6 Å². The second-order valence-electron chi connectivity index (χ2n) is 7.78. The fourth-order valence-corrected chi connectivity index (χ4v) is 3.80. The van der Waals surface area contributed by atoms with Gasteiger partial charge in [0, 0.05) is 48.2 Å². The lowest BCUT2D eigenvalue weighted by Crippen LogP contribution is -2.51. The molecule has 0 aromatic heterocycles. The zero-order chi connectivity index (χ0) is 21.1. The number of piperazine rings is 1. The number of nitrogens with zero attached hydrogens (tertiary/aromatic N) is 2. The predicted molar refractivity (Wildman–Crippen MR) is 121 cm³/mol. The molecule has 1 aliphatic carbocycles. The number of carbonyl (C=O) groups is 1. The van der Waals surface area contributed by atoms with E-state index in [1.807, 2.05) is 64.4 Å². The summed E-state index contributed by atoms with van der Waals surface area (Å²) >= 11 is 5.93. The lowest BCUT2D eigenvalue weighted by atomic mass is 10.00. The first kappa shape index (κ1) is 20.4. The van der Waals surface area contributed by atoms with Crippen LogP contribution in [0, 0.1) is 16.7 Å². The number of rotatable bonds is 5. The van der Waals surface area contributed by atoms with E-state index in [1.54, 1.807) is 6.08 Å². The normalized spacial score (nSPS) is 16.7. The second-order valence-corrected chi connectivity index (χ2v) is 8.22. The molecule has 2 aliphatic rings. The van der Waals surface area contributed by atoms with Crippen LogP contribution >= 0.6 is 11.6 Å². The van der Waals surface area contributed by atoms with Gasteiger partial charge in [-0.2, -0.15) is 0 Å². The van der Waals surface area contributed by atoms with Crippen LogP contribution in [-0.2, 0) is 4.79 Å². The van der Waals surface area contributed by atoms with E-state index in [1.165, 1.54) is 0 Å². The molecule has 0 radical (unpaired) electrons. The Hall–Kier alpha value is -2.92. The van der Waals surface area contributed by atoms with Crippen molar-refractivity contribution in [2.24, 2.45) is 5.92 Å². The lowest BCUT2D eigenvalue weighted by Gasteiger charge is -2.36. The van der Waals surface area contributed by atoms with Gasteiger partial charge in [-0.1, -0.05) is 54.1 Å². The monoisotopic (exact) mass is 420 g/mol. The van der Waals surface area contributed by atoms with Gasteiger partial charge in [0.25, 0.3) is 0 Å². The van der Waals surface area contributed by atoms with Gasteiger partial charge < -0.3 is 15.2 Å². The molecule has 0 bridgehead atoms. The molecule has 0 unspecified atom stereocenters. The molecule has 1 amide bonds. The standard InChI is InChI=1S/C24H25ClN4O/c25-19-10-5-17(6-11-19)7-12-22(26)20-3-1-2-4-21(20)23(27)28-13-15-29(16-14-28)24(30)18-8-9-18/h1-7,10-12,18,26-27H,8-9,13-16H2/b12-7+,26-22?,27-23?. The first-order valence-electron chi connectivity index (χ1n) is 10.3. The number of hydrogen-bond acceptors (Lipinski definition) is 3. The van der Waals surface area contributed by atoms with E-state index >= 15 is 0 Å². The van der Waals surface area contributed by atoms with Crippen molar-refractivity contribution in [2.45, 2.75) is 12.8 Å². The van der Waals surface area contributed by atoms with E-state index in [-0.39, 0.29) is 11.8 Å². The van der Waals surface area contributed by atoms with Gasteiger partial charge in [-0.25, -0.2) is 0 Å². The number of hydrogen-bond donors (Lipinski definition) is 2. The fraction of sp³-hybridized carbons (Fsp3) is 0.292. The summed E-state index contributed by atoms with van der Waals surface area (Å²) in [6.45, 7) is 2.63. The van der Waals surface area contributed by atoms with E-state index in [0.717, 1.165) is 29.5 Å². The van der Waals surface area contributed by atoms with Crippen molar-refractivity contribution in [2.75, 3.05) is 26.2 Å². The molecular formula is C24H25ClN4O. The molecule has 1 saturated carbocycles. The van der Waals surface area contributed by atoms with Crippen molar-refractivity contribution in [3.63, 3.8) is 0 Å². The number of halogens is 1. The quantitative estimate of drug-likeness (QED) is 0.559. The van der Waals surface area contributed by atoms with Gasteiger partial charge in [0.15, 0.2) is 0 Å². The summed E-state index contributed by atoms with van der Waals surface area (Å²) in [6, 6.07) is 15.0. The molecule has 2 N–H and O–H groups in total. The molecular weight excluding hydrogens is 396 g/mol. The molecule has 2 aromatic rings. The van der Waals surface area contributed by atoms with Crippen molar-refractivity contribution in [3.8, 4) is 0 Å². The molecule has 154 valence electrons. The number of allylic oxidation sites excluding steroid dienone is 1. The van der Waals surface area contributed by atoms with Crippen LogP contribution in [0.3, 0.4) is 0 Å². The van der Waals surface area contributed by atoms with Crippen LogP contribution in [0.15, 0.2) is 54.6 Å². The van der Waals surface area contributed by atoms with Crippen LogP contribution in [-0.4, -0.2) is 53.4 Å². The van der Waals surface area contributed by atoms with E-state index < -0.39 is 0 Å². The van der Waals surface area contributed by atoms with Crippen LogP contribution in [0.4, 0.5) is 0 Å². The molecule has 6 heteroatoms. The Morgan fingerprint density at radius 2 is 1.50 bits per heavy atom. The van der Waals surface area contributed by atoms with Crippen LogP contribution in [0.25, 0.3) is 6.08 Å². The summed E-state index contributed by atoms with van der Waals surface area (Å²) in [6.07, 6.45) is 5.67. The van der Waals surface area contributed by atoms with Crippen molar-refractivity contribution in [3.05, 3.63) is 76.3 Å². The van der Waals surface area contributed by atoms with Gasteiger partial charge in [-0.3, -0.25) is 10.2 Å². The maximum Gasteiger partial charge on any atom is 0.225 e. The average molecular weight is 421 g/mol. The topological polar surface area (TPSA) is 71.2 Å². The number of nitrogens with one attached hydrogen (secondary N) is 2. The lowest BCUT2D eigenvalue weighted by molar-refractivity contribution is -0.133. The number of benzene rings is 2. The molecule has 1 aliphatic heterocycles. The Balaban J connectivity index is 1.44. The minimum absolute atomic E-state index is 0.240. The van der Waals surface area contributed by atoms with Gasteiger partial charge in [0.2, 0.25) is 5.91 Å². The largest absolute Gasteiger partial charge is 0.353 e. The van der Waals surface area contributed by atoms with Crippen molar-refractivity contribution < 1.29 is 4.79 Å². The summed E-state index contributed by atoms with van der Waals surface area (Å²) in [5.74, 6) is 0.925. The number of amidine groups is 1. The third kappa shape index (κ3) is 4.62. The van der Waals surface area contributed by atoms with Gasteiger partial charge in [-0.15, -0.1) is 0 Å². The minimum atomic E-state index is 0.240. The first-order chi connectivity index (χ1) is 14.5. The van der Waals surface area contributed by atoms with Crippen LogP contribution in [0.5, 0.6) is 0 Å². The fourth-order valence-electron chi connectivity index (χ4n) is 3.68. The van der Waals surface area contributed by atoms with E-state index in [9.17, 15) is 4.79 Å². The summed E-state index contributed by atoms with van der Waals surface area (Å²) in [4.78, 5) is 16.2. The molecule has 4 rings (SSSR count). The molecule has 5 nitrogen and oxygen atoms in total. The Morgan fingerprint density at radius 3 is 2.13 bits per heavy atom. The molecule has 1 heterocycles. The average Bonchev–Trinajstić information content (AvgIpc) is 3.63. The molecule has 2 fully saturated rings. The highest BCUT2D eigenvalue weighted by atomic mass is 35.5. The summed E-state index contributed by atoms with van der Waals surface area (Å²) in [7, 11) is 0. The second kappa shape index (κ2) is 8.84. The molecule has 0 atom stereocenters. The third-order valence-corrected chi connectivity index (χ3v) is 5.87. The maximum atomic E-state index is 12.3. The highest BCUT2D eigenvalue weighted by molar-refractivity contribution is 6.30.